The van der Waals surface area contributed by atoms with Crippen molar-refractivity contribution in [1.29, 1.82) is 0 Å². The van der Waals surface area contributed by atoms with Crippen LogP contribution in [0.3, 0.4) is 0 Å². The van der Waals surface area contributed by atoms with Gasteiger partial charge in [-0.25, -0.2) is 0 Å². The van der Waals surface area contributed by atoms with E-state index in [4.69, 9.17) is 0 Å². The highest BCUT2D eigenvalue weighted by atomic mass is 16.4. The van der Waals surface area contributed by atoms with Crippen LogP contribution in [0.15, 0.2) is 0 Å². The van der Waals surface area contributed by atoms with Gasteiger partial charge in [0, 0.05) is 12.6 Å². The van der Waals surface area contributed by atoms with Crippen molar-refractivity contribution in [3.05, 3.63) is 0 Å². The van der Waals surface area contributed by atoms with Crippen molar-refractivity contribution < 1.29 is 9.90 Å². The molecule has 3 unspecified atom stereocenters. The van der Waals surface area contributed by atoms with Gasteiger partial charge in [0.15, 0.2) is 0 Å². The number of aliphatic carboxylic acids is 1. The summed E-state index contributed by atoms with van der Waals surface area (Å²) in [5, 5.41) is 9.65. The maximum atomic E-state index is 11.7. The maximum Gasteiger partial charge on any atom is 0.311 e. The molecule has 2 fully saturated rings. The fourth-order valence-electron chi connectivity index (χ4n) is 4.18. The summed E-state index contributed by atoms with van der Waals surface area (Å²) in [6.07, 6.45) is 7.35. The lowest BCUT2D eigenvalue weighted by Crippen LogP contribution is -2.45. The van der Waals surface area contributed by atoms with E-state index in [0.717, 1.165) is 25.4 Å². The number of hydrogen-bond donors (Lipinski definition) is 1. The number of carboxylic acid groups (broad SMARTS) is 1. The van der Waals surface area contributed by atoms with Gasteiger partial charge in [-0.2, -0.15) is 0 Å². The molecular weight excluding hydrogens is 238 g/mol. The Hall–Kier alpha value is -0.570. The summed E-state index contributed by atoms with van der Waals surface area (Å²) in [6, 6.07) is 0.638. The molecule has 1 saturated carbocycles. The van der Waals surface area contributed by atoms with Gasteiger partial charge < -0.3 is 5.11 Å². The molecule has 3 atom stereocenters. The van der Waals surface area contributed by atoms with Gasteiger partial charge in [0.2, 0.25) is 0 Å². The van der Waals surface area contributed by atoms with E-state index in [0.29, 0.717) is 6.04 Å². The minimum Gasteiger partial charge on any atom is -0.481 e. The van der Waals surface area contributed by atoms with Crippen LogP contribution in [-0.4, -0.2) is 35.1 Å². The SMILES string of the molecule is CCC1CCCCC1N1CCC(C(=O)O)(C(C)C)C1. The van der Waals surface area contributed by atoms with Crippen LogP contribution >= 0.6 is 0 Å². The highest BCUT2D eigenvalue weighted by molar-refractivity contribution is 5.75. The fraction of sp³-hybridized carbons (Fsp3) is 0.938. The number of likely N-dealkylation sites (tertiary alicyclic amines) is 1. The van der Waals surface area contributed by atoms with Crippen LogP contribution in [0.2, 0.25) is 0 Å². The first-order valence-corrected chi connectivity index (χ1v) is 7.98. The minimum atomic E-state index is -0.589. The van der Waals surface area contributed by atoms with Crippen molar-refractivity contribution in [1.82, 2.24) is 4.90 Å². The predicted molar refractivity (Wildman–Crippen MR) is 77.1 cm³/mol. The second kappa shape index (κ2) is 5.82. The summed E-state index contributed by atoms with van der Waals surface area (Å²) < 4.78 is 0. The van der Waals surface area contributed by atoms with E-state index in [9.17, 15) is 9.90 Å². The molecule has 0 amide bonds. The number of hydrogen-bond acceptors (Lipinski definition) is 2. The smallest absolute Gasteiger partial charge is 0.311 e. The van der Waals surface area contributed by atoms with Crippen LogP contribution in [0, 0.1) is 17.3 Å². The van der Waals surface area contributed by atoms with Gasteiger partial charge >= 0.3 is 5.97 Å². The Morgan fingerprint density at radius 2 is 2.05 bits per heavy atom. The zero-order valence-electron chi connectivity index (χ0n) is 12.7. The van der Waals surface area contributed by atoms with E-state index in [1.165, 1.54) is 32.1 Å². The first kappa shape index (κ1) is 14.8. The Kier molecular flexibility index (Phi) is 4.54. The molecule has 0 aromatic heterocycles. The molecule has 3 nitrogen and oxygen atoms in total. The van der Waals surface area contributed by atoms with Crippen molar-refractivity contribution in [3.8, 4) is 0 Å². The van der Waals surface area contributed by atoms with E-state index in [1.54, 1.807) is 0 Å². The molecule has 1 heterocycles. The minimum absolute atomic E-state index is 0.221. The van der Waals surface area contributed by atoms with Gasteiger partial charge in [0.05, 0.1) is 5.41 Å². The third-order valence-corrected chi connectivity index (χ3v) is 5.72. The fourth-order valence-corrected chi connectivity index (χ4v) is 4.18. The lowest BCUT2D eigenvalue weighted by Gasteiger charge is -2.39. The Morgan fingerprint density at radius 3 is 2.58 bits per heavy atom. The van der Waals surface area contributed by atoms with E-state index in [2.05, 4.69) is 25.7 Å². The highest BCUT2D eigenvalue weighted by Gasteiger charge is 2.49. The van der Waals surface area contributed by atoms with Gasteiger partial charge in [-0.1, -0.05) is 40.0 Å². The molecule has 2 rings (SSSR count). The van der Waals surface area contributed by atoms with Crippen LogP contribution < -0.4 is 0 Å². The van der Waals surface area contributed by atoms with Crippen molar-refractivity contribution >= 4 is 5.97 Å². The summed E-state index contributed by atoms with van der Waals surface area (Å²) in [5.41, 5.74) is -0.504. The Labute approximate surface area is 117 Å². The quantitative estimate of drug-likeness (QED) is 0.849. The maximum absolute atomic E-state index is 11.7. The van der Waals surface area contributed by atoms with Crippen molar-refractivity contribution in [2.45, 2.75) is 65.3 Å². The zero-order chi connectivity index (χ0) is 14.0. The molecule has 0 radical (unpaired) electrons. The molecule has 0 aromatic carbocycles. The monoisotopic (exact) mass is 267 g/mol. The van der Waals surface area contributed by atoms with Crippen LogP contribution in [0.1, 0.15) is 59.3 Å². The first-order chi connectivity index (χ1) is 9.01. The van der Waals surface area contributed by atoms with Crippen molar-refractivity contribution in [2.75, 3.05) is 13.1 Å². The normalized spacial score (nSPS) is 36.8. The molecule has 0 bridgehead atoms. The molecule has 1 aliphatic carbocycles. The first-order valence-electron chi connectivity index (χ1n) is 7.98. The number of carbonyl (C=O) groups is 1. The van der Waals surface area contributed by atoms with Crippen LogP contribution in [0.5, 0.6) is 0 Å². The van der Waals surface area contributed by atoms with E-state index < -0.39 is 11.4 Å². The van der Waals surface area contributed by atoms with Crippen molar-refractivity contribution in [2.24, 2.45) is 17.3 Å². The summed E-state index contributed by atoms with van der Waals surface area (Å²) >= 11 is 0. The van der Waals surface area contributed by atoms with Crippen molar-refractivity contribution in [3.63, 3.8) is 0 Å². The zero-order valence-corrected chi connectivity index (χ0v) is 12.7. The second-order valence-electron chi connectivity index (χ2n) is 6.86. The average Bonchev–Trinajstić information content (AvgIpc) is 2.85. The molecule has 110 valence electrons. The number of nitrogens with zero attached hydrogens (tertiary/aromatic N) is 1. The number of carboxylic acids is 1. The molecule has 2 aliphatic rings. The molecule has 1 aliphatic heterocycles. The van der Waals surface area contributed by atoms with Gasteiger partial charge in [-0.15, -0.1) is 0 Å². The molecular formula is C16H29NO2. The van der Waals surface area contributed by atoms with Gasteiger partial charge in [0.25, 0.3) is 0 Å². The topological polar surface area (TPSA) is 40.5 Å². The summed E-state index contributed by atoms with van der Waals surface area (Å²) in [4.78, 5) is 14.2. The third-order valence-electron chi connectivity index (χ3n) is 5.72. The second-order valence-corrected chi connectivity index (χ2v) is 6.86. The predicted octanol–water partition coefficient (Wildman–Crippen LogP) is 3.39. The molecule has 19 heavy (non-hydrogen) atoms. The molecule has 1 N–H and O–H groups in total. The Bertz CT molecular complexity index is 329. The van der Waals surface area contributed by atoms with Crippen LogP contribution in [0.4, 0.5) is 0 Å². The van der Waals surface area contributed by atoms with E-state index >= 15 is 0 Å². The van der Waals surface area contributed by atoms with E-state index in [1.807, 2.05) is 0 Å². The summed E-state index contributed by atoms with van der Waals surface area (Å²) in [6.45, 7) is 8.16. The van der Waals surface area contributed by atoms with Gasteiger partial charge in [-0.3, -0.25) is 9.69 Å². The Morgan fingerprint density at radius 1 is 1.37 bits per heavy atom. The lowest BCUT2D eigenvalue weighted by atomic mass is 9.76. The standard InChI is InChI=1S/C16H29NO2/c1-4-13-7-5-6-8-14(13)17-10-9-16(11-17,12(2)3)15(18)19/h12-14H,4-11H2,1-3H3,(H,18,19). The molecule has 3 heteroatoms. The largest absolute Gasteiger partial charge is 0.481 e. The average molecular weight is 267 g/mol. The molecule has 1 saturated heterocycles. The van der Waals surface area contributed by atoms with Gasteiger partial charge in [0.1, 0.15) is 0 Å². The number of rotatable bonds is 4. The highest BCUT2D eigenvalue weighted by Crippen LogP contribution is 2.42. The summed E-state index contributed by atoms with van der Waals surface area (Å²) in [7, 11) is 0. The Balaban J connectivity index is 2.09. The summed E-state index contributed by atoms with van der Waals surface area (Å²) in [5.74, 6) is 0.415. The molecule has 0 aromatic rings. The van der Waals surface area contributed by atoms with Gasteiger partial charge in [-0.05, 0) is 37.6 Å². The van der Waals surface area contributed by atoms with Crippen LogP contribution in [0.25, 0.3) is 0 Å². The van der Waals surface area contributed by atoms with Crippen LogP contribution in [-0.2, 0) is 4.79 Å². The third kappa shape index (κ3) is 2.67. The lowest BCUT2D eigenvalue weighted by molar-refractivity contribution is -0.151. The van der Waals surface area contributed by atoms with E-state index in [-0.39, 0.29) is 5.92 Å². The molecule has 0 spiro atoms.